The van der Waals surface area contributed by atoms with Crippen LogP contribution in [0.1, 0.15) is 12.8 Å². The van der Waals surface area contributed by atoms with E-state index in [1.807, 2.05) is 0 Å². The fraction of sp³-hybridized carbons (Fsp3) is 0.500. The lowest BCUT2D eigenvalue weighted by Gasteiger charge is -2.31. The zero-order valence-corrected chi connectivity index (χ0v) is 16.0. The zero-order chi connectivity index (χ0) is 17.0. The molecule has 0 bridgehead atoms. The van der Waals surface area contributed by atoms with Gasteiger partial charge in [0.15, 0.2) is 0 Å². The highest BCUT2D eigenvalue weighted by molar-refractivity contribution is 7.89. The maximum atomic E-state index is 12.7. The SMILES string of the molecule is Cl.NCCNC(=O)C1CCCN(S(=O)(=O)c2ccc(Cl)c(Cl)c2)C1. The molecule has 0 aromatic heterocycles. The summed E-state index contributed by atoms with van der Waals surface area (Å²) >= 11 is 11.7. The molecule has 3 N–H and O–H groups in total. The highest BCUT2D eigenvalue weighted by atomic mass is 35.5. The number of sulfonamides is 1. The molecule has 1 atom stereocenters. The lowest BCUT2D eigenvalue weighted by molar-refractivity contribution is -0.126. The summed E-state index contributed by atoms with van der Waals surface area (Å²) in [7, 11) is -3.70. The van der Waals surface area contributed by atoms with E-state index in [9.17, 15) is 13.2 Å². The maximum absolute atomic E-state index is 12.7. The second kappa shape index (κ2) is 9.22. The number of carbonyl (C=O) groups excluding carboxylic acids is 1. The Morgan fingerprint density at radius 1 is 1.33 bits per heavy atom. The van der Waals surface area contributed by atoms with Gasteiger partial charge in [0.05, 0.1) is 20.9 Å². The van der Waals surface area contributed by atoms with E-state index in [1.165, 1.54) is 22.5 Å². The predicted octanol–water partition coefficient (Wildman–Crippen LogP) is 1.89. The van der Waals surface area contributed by atoms with Gasteiger partial charge in [-0.05, 0) is 31.0 Å². The van der Waals surface area contributed by atoms with Gasteiger partial charge in [-0.2, -0.15) is 4.31 Å². The van der Waals surface area contributed by atoms with Crippen LogP contribution in [0.15, 0.2) is 23.1 Å². The molecule has 1 aromatic rings. The Balaban J connectivity index is 0.00000288. The van der Waals surface area contributed by atoms with Gasteiger partial charge in [0.1, 0.15) is 0 Å². The first-order valence-corrected chi connectivity index (χ1v) is 9.49. The molecule has 0 spiro atoms. The number of carbonyl (C=O) groups is 1. The van der Waals surface area contributed by atoms with Crippen molar-refractivity contribution in [3.8, 4) is 0 Å². The molecule has 1 aliphatic rings. The van der Waals surface area contributed by atoms with Crippen molar-refractivity contribution in [1.29, 1.82) is 0 Å². The largest absolute Gasteiger partial charge is 0.355 e. The number of hydrogen-bond donors (Lipinski definition) is 2. The Labute approximate surface area is 158 Å². The van der Waals surface area contributed by atoms with Crippen LogP contribution in [-0.4, -0.2) is 44.8 Å². The van der Waals surface area contributed by atoms with Crippen LogP contribution < -0.4 is 11.1 Å². The Morgan fingerprint density at radius 3 is 2.67 bits per heavy atom. The van der Waals surface area contributed by atoms with Crippen molar-refractivity contribution in [2.24, 2.45) is 11.7 Å². The van der Waals surface area contributed by atoms with Crippen LogP contribution in [0, 0.1) is 5.92 Å². The standard InChI is InChI=1S/C14H19Cl2N3O3S.ClH/c15-12-4-3-11(8-13(12)16)23(21,22)19-7-1-2-10(9-19)14(20)18-6-5-17;/h3-4,8,10H,1-2,5-7,9,17H2,(H,18,20);1H. The normalized spacial score (nSPS) is 18.7. The van der Waals surface area contributed by atoms with Crippen molar-refractivity contribution in [2.75, 3.05) is 26.2 Å². The molecule has 1 amide bonds. The third kappa shape index (κ3) is 4.97. The quantitative estimate of drug-likeness (QED) is 0.766. The summed E-state index contributed by atoms with van der Waals surface area (Å²) in [5.41, 5.74) is 5.36. The van der Waals surface area contributed by atoms with Crippen LogP contribution in [0.4, 0.5) is 0 Å². The van der Waals surface area contributed by atoms with E-state index in [4.69, 9.17) is 28.9 Å². The minimum absolute atomic E-state index is 0. The summed E-state index contributed by atoms with van der Waals surface area (Å²) < 4.78 is 26.7. The third-order valence-electron chi connectivity index (χ3n) is 3.73. The van der Waals surface area contributed by atoms with Gasteiger partial charge in [-0.25, -0.2) is 8.42 Å². The number of nitrogens with one attached hydrogen (secondary N) is 1. The van der Waals surface area contributed by atoms with E-state index in [2.05, 4.69) is 5.32 Å². The summed E-state index contributed by atoms with van der Waals surface area (Å²) in [5.74, 6) is -0.530. The van der Waals surface area contributed by atoms with Crippen LogP contribution in [0.2, 0.25) is 10.0 Å². The Kier molecular flexibility index (Phi) is 8.25. The minimum atomic E-state index is -3.70. The molecule has 1 fully saturated rings. The number of benzene rings is 1. The van der Waals surface area contributed by atoms with E-state index < -0.39 is 10.0 Å². The first kappa shape index (κ1) is 21.5. The van der Waals surface area contributed by atoms with Crippen LogP contribution >= 0.6 is 35.6 Å². The summed E-state index contributed by atoms with van der Waals surface area (Å²) in [6.45, 7) is 1.26. The van der Waals surface area contributed by atoms with Gasteiger partial charge >= 0.3 is 0 Å². The summed E-state index contributed by atoms with van der Waals surface area (Å²) in [5, 5.41) is 3.18. The fourth-order valence-electron chi connectivity index (χ4n) is 2.50. The molecule has 1 heterocycles. The minimum Gasteiger partial charge on any atom is -0.355 e. The fourth-order valence-corrected chi connectivity index (χ4v) is 4.41. The monoisotopic (exact) mass is 415 g/mol. The van der Waals surface area contributed by atoms with Gasteiger partial charge in [-0.1, -0.05) is 23.2 Å². The molecule has 1 saturated heterocycles. The van der Waals surface area contributed by atoms with E-state index in [0.717, 1.165) is 0 Å². The zero-order valence-electron chi connectivity index (χ0n) is 12.9. The molecule has 10 heteroatoms. The van der Waals surface area contributed by atoms with Crippen molar-refractivity contribution in [1.82, 2.24) is 9.62 Å². The van der Waals surface area contributed by atoms with E-state index >= 15 is 0 Å². The molecule has 1 aromatic carbocycles. The van der Waals surface area contributed by atoms with Crippen LogP contribution in [0.25, 0.3) is 0 Å². The van der Waals surface area contributed by atoms with Gasteiger partial charge < -0.3 is 11.1 Å². The van der Waals surface area contributed by atoms with Crippen molar-refractivity contribution < 1.29 is 13.2 Å². The molecule has 1 aliphatic heterocycles. The number of hydrogen-bond acceptors (Lipinski definition) is 4. The highest BCUT2D eigenvalue weighted by Gasteiger charge is 2.33. The van der Waals surface area contributed by atoms with Crippen molar-refractivity contribution in [2.45, 2.75) is 17.7 Å². The molecular formula is C14H20Cl3N3O3S. The van der Waals surface area contributed by atoms with Gasteiger partial charge in [0.25, 0.3) is 0 Å². The molecule has 0 saturated carbocycles. The second-order valence-electron chi connectivity index (χ2n) is 5.36. The number of amides is 1. The van der Waals surface area contributed by atoms with Gasteiger partial charge in [-0.3, -0.25) is 4.79 Å². The maximum Gasteiger partial charge on any atom is 0.243 e. The second-order valence-corrected chi connectivity index (χ2v) is 8.11. The van der Waals surface area contributed by atoms with Gasteiger partial charge in [-0.15, -0.1) is 12.4 Å². The topological polar surface area (TPSA) is 92.5 Å². The van der Waals surface area contributed by atoms with E-state index in [-0.39, 0.29) is 40.7 Å². The molecule has 6 nitrogen and oxygen atoms in total. The third-order valence-corrected chi connectivity index (χ3v) is 6.33. The Bertz CT molecular complexity index is 685. The number of nitrogens with two attached hydrogens (primary N) is 1. The average molecular weight is 417 g/mol. The van der Waals surface area contributed by atoms with Crippen LogP contribution in [0.5, 0.6) is 0 Å². The average Bonchev–Trinajstić information content (AvgIpc) is 2.55. The van der Waals surface area contributed by atoms with E-state index in [0.29, 0.717) is 37.5 Å². The Morgan fingerprint density at radius 2 is 2.04 bits per heavy atom. The Hall–Kier alpha value is -0.570. The predicted molar refractivity (Wildman–Crippen MR) is 97.3 cm³/mol. The van der Waals surface area contributed by atoms with Crippen LogP contribution in [0.3, 0.4) is 0 Å². The first-order valence-electron chi connectivity index (χ1n) is 7.29. The lowest BCUT2D eigenvalue weighted by atomic mass is 9.99. The van der Waals surface area contributed by atoms with E-state index in [1.54, 1.807) is 0 Å². The molecule has 1 unspecified atom stereocenters. The number of nitrogens with zero attached hydrogens (tertiary/aromatic N) is 1. The summed E-state index contributed by atoms with van der Waals surface area (Å²) in [6, 6.07) is 4.20. The van der Waals surface area contributed by atoms with Crippen molar-refractivity contribution in [3.05, 3.63) is 28.2 Å². The molecule has 24 heavy (non-hydrogen) atoms. The van der Waals surface area contributed by atoms with Gasteiger partial charge in [0, 0.05) is 26.2 Å². The molecule has 2 rings (SSSR count). The summed E-state index contributed by atoms with van der Waals surface area (Å²) in [4.78, 5) is 12.1. The summed E-state index contributed by atoms with van der Waals surface area (Å²) in [6.07, 6.45) is 1.28. The van der Waals surface area contributed by atoms with Gasteiger partial charge in [0.2, 0.25) is 15.9 Å². The smallest absolute Gasteiger partial charge is 0.243 e. The lowest BCUT2D eigenvalue weighted by Crippen LogP contribution is -2.46. The molecular weight excluding hydrogens is 397 g/mol. The number of rotatable bonds is 5. The highest BCUT2D eigenvalue weighted by Crippen LogP contribution is 2.28. The van der Waals surface area contributed by atoms with Crippen molar-refractivity contribution in [3.63, 3.8) is 0 Å². The van der Waals surface area contributed by atoms with Crippen LogP contribution in [-0.2, 0) is 14.8 Å². The molecule has 0 radical (unpaired) electrons. The number of piperidine rings is 1. The van der Waals surface area contributed by atoms with Crippen molar-refractivity contribution >= 4 is 51.5 Å². The number of halogens is 3. The first-order chi connectivity index (χ1) is 10.9. The molecule has 0 aliphatic carbocycles. The molecule has 136 valence electrons.